The molecule has 94 valence electrons. The minimum atomic E-state index is -0.160. The van der Waals surface area contributed by atoms with Crippen LogP contribution in [0.2, 0.25) is 0 Å². The number of hydrogen-bond donors (Lipinski definition) is 1. The van der Waals surface area contributed by atoms with E-state index < -0.39 is 0 Å². The van der Waals surface area contributed by atoms with Crippen molar-refractivity contribution >= 4 is 5.69 Å². The van der Waals surface area contributed by atoms with Crippen molar-refractivity contribution in [3.63, 3.8) is 0 Å². The average molecular weight is 236 g/mol. The molecule has 1 fully saturated rings. The van der Waals surface area contributed by atoms with Crippen LogP contribution in [-0.2, 0) is 6.42 Å². The maximum atomic E-state index is 13.3. The number of hydrogen-bond acceptors (Lipinski definition) is 2. The highest BCUT2D eigenvalue weighted by Gasteiger charge is 2.13. The average Bonchev–Trinajstić information content (AvgIpc) is 2.58. The molecular formula is C14H21FN2. The van der Waals surface area contributed by atoms with Gasteiger partial charge in [-0.3, -0.25) is 0 Å². The number of rotatable bonds is 3. The third kappa shape index (κ3) is 3.19. The van der Waals surface area contributed by atoms with Gasteiger partial charge in [-0.2, -0.15) is 0 Å². The van der Waals surface area contributed by atoms with Crippen molar-refractivity contribution in [2.24, 2.45) is 5.73 Å². The molecule has 1 aliphatic heterocycles. The first-order valence-electron chi connectivity index (χ1n) is 6.54. The summed E-state index contributed by atoms with van der Waals surface area (Å²) in [4.78, 5) is 2.39. The normalized spacial score (nSPS) is 16.9. The third-order valence-electron chi connectivity index (χ3n) is 3.40. The van der Waals surface area contributed by atoms with Crippen molar-refractivity contribution in [1.29, 1.82) is 0 Å². The van der Waals surface area contributed by atoms with Gasteiger partial charge in [0.15, 0.2) is 0 Å². The Labute approximate surface area is 103 Å². The predicted molar refractivity (Wildman–Crippen MR) is 69.8 cm³/mol. The molecule has 3 heteroatoms. The number of halogens is 1. The first-order chi connectivity index (χ1) is 8.31. The first-order valence-corrected chi connectivity index (χ1v) is 6.54. The van der Waals surface area contributed by atoms with E-state index >= 15 is 0 Å². The van der Waals surface area contributed by atoms with E-state index in [2.05, 4.69) is 4.90 Å². The largest absolute Gasteiger partial charge is 0.371 e. The fraction of sp³-hybridized carbons (Fsp3) is 0.571. The molecular weight excluding hydrogens is 215 g/mol. The molecule has 0 atom stereocenters. The summed E-state index contributed by atoms with van der Waals surface area (Å²) in [6.45, 7) is 2.75. The van der Waals surface area contributed by atoms with Crippen LogP contribution in [0.1, 0.15) is 31.2 Å². The van der Waals surface area contributed by atoms with Crippen molar-refractivity contribution in [2.75, 3.05) is 24.5 Å². The molecule has 2 rings (SSSR count). The lowest BCUT2D eigenvalue weighted by molar-refractivity contribution is 0.624. The number of anilines is 1. The summed E-state index contributed by atoms with van der Waals surface area (Å²) in [5.74, 6) is -0.160. The van der Waals surface area contributed by atoms with Gasteiger partial charge in [0, 0.05) is 18.8 Å². The van der Waals surface area contributed by atoms with E-state index in [4.69, 9.17) is 5.73 Å². The maximum absolute atomic E-state index is 13.3. The van der Waals surface area contributed by atoms with Crippen LogP contribution in [0.25, 0.3) is 0 Å². The second-order valence-corrected chi connectivity index (χ2v) is 4.71. The van der Waals surface area contributed by atoms with E-state index in [0.29, 0.717) is 6.54 Å². The molecule has 0 amide bonds. The summed E-state index contributed by atoms with van der Waals surface area (Å²) in [5.41, 5.74) is 7.83. The Hall–Kier alpha value is -1.09. The minimum absolute atomic E-state index is 0.160. The van der Waals surface area contributed by atoms with E-state index in [1.807, 2.05) is 6.07 Å². The van der Waals surface area contributed by atoms with Gasteiger partial charge in [-0.05, 0) is 49.6 Å². The molecule has 0 saturated carbocycles. The second kappa shape index (κ2) is 6.01. The van der Waals surface area contributed by atoms with E-state index in [1.165, 1.54) is 31.4 Å². The van der Waals surface area contributed by atoms with Gasteiger partial charge >= 0.3 is 0 Å². The summed E-state index contributed by atoms with van der Waals surface area (Å²) in [5, 5.41) is 0. The van der Waals surface area contributed by atoms with Gasteiger partial charge in [-0.1, -0.05) is 12.8 Å². The molecule has 0 aromatic heterocycles. The van der Waals surface area contributed by atoms with Crippen LogP contribution in [0.5, 0.6) is 0 Å². The molecule has 1 saturated heterocycles. The molecule has 1 aromatic carbocycles. The second-order valence-electron chi connectivity index (χ2n) is 4.71. The van der Waals surface area contributed by atoms with Crippen LogP contribution in [0.3, 0.4) is 0 Å². The highest BCUT2D eigenvalue weighted by atomic mass is 19.1. The fourth-order valence-corrected chi connectivity index (χ4v) is 2.53. The van der Waals surface area contributed by atoms with Gasteiger partial charge in [-0.25, -0.2) is 4.39 Å². The van der Waals surface area contributed by atoms with E-state index in [9.17, 15) is 4.39 Å². The van der Waals surface area contributed by atoms with Crippen LogP contribution in [-0.4, -0.2) is 19.6 Å². The summed E-state index contributed by atoms with van der Waals surface area (Å²) in [6.07, 6.45) is 5.84. The Morgan fingerprint density at radius 1 is 1.12 bits per heavy atom. The predicted octanol–water partition coefficient (Wildman–Crippen LogP) is 2.71. The van der Waals surface area contributed by atoms with Gasteiger partial charge in [0.1, 0.15) is 5.82 Å². The molecule has 1 heterocycles. The van der Waals surface area contributed by atoms with Gasteiger partial charge in [0.25, 0.3) is 0 Å². The molecule has 17 heavy (non-hydrogen) atoms. The molecule has 2 nitrogen and oxygen atoms in total. The maximum Gasteiger partial charge on any atom is 0.123 e. The third-order valence-corrected chi connectivity index (χ3v) is 3.40. The minimum Gasteiger partial charge on any atom is -0.371 e. The zero-order valence-electron chi connectivity index (χ0n) is 10.3. The number of nitrogens with two attached hydrogens (primary N) is 1. The monoisotopic (exact) mass is 236 g/mol. The summed E-state index contributed by atoms with van der Waals surface area (Å²) in [6, 6.07) is 5.10. The van der Waals surface area contributed by atoms with Crippen molar-refractivity contribution in [3.8, 4) is 0 Å². The summed E-state index contributed by atoms with van der Waals surface area (Å²) >= 11 is 0. The highest BCUT2D eigenvalue weighted by Crippen LogP contribution is 2.25. The Morgan fingerprint density at radius 2 is 1.82 bits per heavy atom. The zero-order valence-corrected chi connectivity index (χ0v) is 10.3. The first kappa shape index (κ1) is 12.4. The van der Waals surface area contributed by atoms with Crippen LogP contribution < -0.4 is 10.6 Å². The Kier molecular flexibility index (Phi) is 4.37. The lowest BCUT2D eigenvalue weighted by Crippen LogP contribution is -2.25. The van der Waals surface area contributed by atoms with Crippen molar-refractivity contribution in [1.82, 2.24) is 0 Å². The number of benzene rings is 1. The van der Waals surface area contributed by atoms with E-state index in [0.717, 1.165) is 25.1 Å². The zero-order chi connectivity index (χ0) is 12.1. The lowest BCUT2D eigenvalue weighted by atomic mass is 10.1. The SMILES string of the molecule is NCCc1cc(F)ccc1N1CCCCCC1. The van der Waals surface area contributed by atoms with Crippen molar-refractivity contribution in [3.05, 3.63) is 29.6 Å². The van der Waals surface area contributed by atoms with Crippen LogP contribution in [0, 0.1) is 5.82 Å². The molecule has 2 N–H and O–H groups in total. The smallest absolute Gasteiger partial charge is 0.123 e. The summed E-state index contributed by atoms with van der Waals surface area (Å²) in [7, 11) is 0. The molecule has 0 radical (unpaired) electrons. The Morgan fingerprint density at radius 3 is 2.47 bits per heavy atom. The van der Waals surface area contributed by atoms with Gasteiger partial charge < -0.3 is 10.6 Å². The number of nitrogens with zero attached hydrogens (tertiary/aromatic N) is 1. The molecule has 0 aliphatic carbocycles. The lowest BCUT2D eigenvalue weighted by Gasteiger charge is -2.25. The fourth-order valence-electron chi connectivity index (χ4n) is 2.53. The van der Waals surface area contributed by atoms with Gasteiger partial charge in [0.05, 0.1) is 0 Å². The molecule has 0 bridgehead atoms. The van der Waals surface area contributed by atoms with E-state index in [-0.39, 0.29) is 5.82 Å². The highest BCUT2D eigenvalue weighted by molar-refractivity contribution is 5.54. The van der Waals surface area contributed by atoms with Crippen LogP contribution in [0.4, 0.5) is 10.1 Å². The summed E-state index contributed by atoms with van der Waals surface area (Å²) < 4.78 is 13.3. The Balaban J connectivity index is 2.22. The molecule has 0 unspecified atom stereocenters. The topological polar surface area (TPSA) is 29.3 Å². The molecule has 1 aromatic rings. The molecule has 1 aliphatic rings. The molecule has 0 spiro atoms. The van der Waals surface area contributed by atoms with Gasteiger partial charge in [-0.15, -0.1) is 0 Å². The van der Waals surface area contributed by atoms with Gasteiger partial charge in [0.2, 0.25) is 0 Å². The standard InChI is InChI=1S/C14H21FN2/c15-13-5-6-14(12(11-13)7-8-16)17-9-3-1-2-4-10-17/h5-6,11H,1-4,7-10,16H2. The van der Waals surface area contributed by atoms with E-state index in [1.54, 1.807) is 12.1 Å². The van der Waals surface area contributed by atoms with Crippen LogP contribution >= 0.6 is 0 Å². The van der Waals surface area contributed by atoms with Crippen molar-refractivity contribution < 1.29 is 4.39 Å². The quantitative estimate of drug-likeness (QED) is 0.874. The van der Waals surface area contributed by atoms with Crippen LogP contribution in [0.15, 0.2) is 18.2 Å². The Bertz CT molecular complexity index is 357. The van der Waals surface area contributed by atoms with Crippen molar-refractivity contribution in [2.45, 2.75) is 32.1 Å².